The molecule has 7 heteroatoms. The van der Waals surface area contributed by atoms with Gasteiger partial charge in [-0.3, -0.25) is 4.79 Å². The predicted molar refractivity (Wildman–Crippen MR) is 94.4 cm³/mol. The molecule has 3 amide bonds. The Morgan fingerprint density at radius 3 is 2.62 bits per heavy atom. The van der Waals surface area contributed by atoms with Gasteiger partial charge < -0.3 is 25.2 Å². The van der Waals surface area contributed by atoms with Gasteiger partial charge in [-0.15, -0.1) is 0 Å². The zero-order chi connectivity index (χ0) is 17.5. The molecule has 0 aromatic heterocycles. The van der Waals surface area contributed by atoms with Gasteiger partial charge in [0.05, 0.1) is 12.7 Å². The zero-order valence-electron chi connectivity index (χ0n) is 14.5. The average molecular weight is 334 g/mol. The van der Waals surface area contributed by atoms with Gasteiger partial charge in [-0.2, -0.15) is 0 Å². The summed E-state index contributed by atoms with van der Waals surface area (Å²) in [5.74, 6) is -0.0145. The maximum Gasteiger partial charge on any atom is 0.319 e. The van der Waals surface area contributed by atoms with E-state index in [1.807, 2.05) is 24.3 Å². The quantitative estimate of drug-likeness (QED) is 0.856. The third-order valence-corrected chi connectivity index (χ3v) is 3.85. The van der Waals surface area contributed by atoms with Crippen LogP contribution in [-0.4, -0.2) is 63.3 Å². The first-order chi connectivity index (χ1) is 11.5. The molecule has 0 saturated carbocycles. The van der Waals surface area contributed by atoms with Crippen LogP contribution in [0.2, 0.25) is 0 Å². The lowest BCUT2D eigenvalue weighted by molar-refractivity contribution is -0.128. The minimum absolute atomic E-state index is 0.0145. The summed E-state index contributed by atoms with van der Waals surface area (Å²) in [6.45, 7) is 4.85. The van der Waals surface area contributed by atoms with Gasteiger partial charge in [0, 0.05) is 51.5 Å². The molecule has 0 radical (unpaired) electrons. The van der Waals surface area contributed by atoms with E-state index in [1.54, 1.807) is 14.1 Å². The van der Waals surface area contributed by atoms with E-state index >= 15 is 0 Å². The highest BCUT2D eigenvalue weighted by Gasteiger charge is 2.16. The number of hydrogen-bond acceptors (Lipinski definition) is 4. The Kier molecular flexibility index (Phi) is 6.43. The van der Waals surface area contributed by atoms with E-state index in [0.29, 0.717) is 6.54 Å². The summed E-state index contributed by atoms with van der Waals surface area (Å²) in [5.41, 5.74) is 1.84. The maximum atomic E-state index is 11.8. The number of nitrogens with one attached hydrogen (secondary N) is 2. The third kappa shape index (κ3) is 5.42. The van der Waals surface area contributed by atoms with Crippen molar-refractivity contribution in [3.63, 3.8) is 0 Å². The fourth-order valence-corrected chi connectivity index (χ4v) is 2.49. The molecular weight excluding hydrogens is 308 g/mol. The van der Waals surface area contributed by atoms with Crippen LogP contribution in [0.15, 0.2) is 24.3 Å². The summed E-state index contributed by atoms with van der Waals surface area (Å²) in [4.78, 5) is 27.0. The summed E-state index contributed by atoms with van der Waals surface area (Å²) in [7, 11) is 3.39. The first-order valence-corrected chi connectivity index (χ1v) is 8.17. The predicted octanol–water partition coefficient (Wildman–Crippen LogP) is 1.51. The molecule has 1 saturated heterocycles. The molecule has 1 atom stereocenters. The van der Waals surface area contributed by atoms with E-state index in [0.717, 1.165) is 31.1 Å². The number of nitrogens with zero attached hydrogens (tertiary/aromatic N) is 2. The first kappa shape index (κ1) is 18.1. The molecule has 0 spiro atoms. The summed E-state index contributed by atoms with van der Waals surface area (Å²) < 4.78 is 5.54. The molecule has 0 aliphatic carbocycles. The fraction of sp³-hybridized carbons (Fsp3) is 0.529. The van der Waals surface area contributed by atoms with Gasteiger partial charge in [0.25, 0.3) is 0 Å². The van der Waals surface area contributed by atoms with Crippen LogP contribution >= 0.6 is 0 Å². The number of ether oxygens (including phenoxy) is 1. The molecule has 132 valence electrons. The lowest BCUT2D eigenvalue weighted by atomic mass is 10.2. The lowest BCUT2D eigenvalue weighted by Gasteiger charge is -2.33. The standard InChI is InChI=1S/C17H26N4O3/c1-13-12-21(10-11-24-13)15-6-4-14(5-7-15)19-17(23)18-9-8-16(22)20(2)3/h4-7,13H,8-12H2,1-3H3,(H2,18,19,23). The van der Waals surface area contributed by atoms with Crippen molar-refractivity contribution < 1.29 is 14.3 Å². The van der Waals surface area contributed by atoms with Crippen LogP contribution in [0.5, 0.6) is 0 Å². The average Bonchev–Trinajstić information content (AvgIpc) is 2.55. The van der Waals surface area contributed by atoms with Crippen molar-refractivity contribution in [2.24, 2.45) is 0 Å². The van der Waals surface area contributed by atoms with Crippen molar-refractivity contribution in [1.29, 1.82) is 0 Å². The number of carbonyl (C=O) groups is 2. The summed E-state index contributed by atoms with van der Waals surface area (Å²) in [6.07, 6.45) is 0.515. The van der Waals surface area contributed by atoms with Gasteiger partial charge in [-0.25, -0.2) is 4.79 Å². The van der Waals surface area contributed by atoms with Crippen LogP contribution in [0.3, 0.4) is 0 Å². The SMILES string of the molecule is CC1CN(c2ccc(NC(=O)NCCC(=O)N(C)C)cc2)CCO1. The molecule has 1 heterocycles. The molecule has 24 heavy (non-hydrogen) atoms. The number of morpholine rings is 1. The summed E-state index contributed by atoms with van der Waals surface area (Å²) in [6, 6.07) is 7.42. The van der Waals surface area contributed by atoms with E-state index < -0.39 is 0 Å². The van der Waals surface area contributed by atoms with Gasteiger partial charge in [0.1, 0.15) is 0 Å². The normalized spacial score (nSPS) is 17.3. The fourth-order valence-electron chi connectivity index (χ4n) is 2.49. The molecule has 2 rings (SSSR count). The van der Waals surface area contributed by atoms with Crippen LogP contribution in [0.25, 0.3) is 0 Å². The van der Waals surface area contributed by atoms with Crippen molar-refractivity contribution in [1.82, 2.24) is 10.2 Å². The molecule has 1 aliphatic heterocycles. The smallest absolute Gasteiger partial charge is 0.319 e. The van der Waals surface area contributed by atoms with E-state index in [2.05, 4.69) is 22.5 Å². The maximum absolute atomic E-state index is 11.8. The summed E-state index contributed by atoms with van der Waals surface area (Å²) in [5, 5.41) is 5.44. The number of rotatable bonds is 5. The Bertz CT molecular complexity index is 559. The summed E-state index contributed by atoms with van der Waals surface area (Å²) >= 11 is 0. The lowest BCUT2D eigenvalue weighted by Crippen LogP contribution is -2.41. The second-order valence-electron chi connectivity index (χ2n) is 6.09. The number of benzene rings is 1. The number of amides is 3. The zero-order valence-corrected chi connectivity index (χ0v) is 14.5. The monoisotopic (exact) mass is 334 g/mol. The van der Waals surface area contributed by atoms with Crippen molar-refractivity contribution in [3.8, 4) is 0 Å². The number of urea groups is 1. The Balaban J connectivity index is 1.78. The van der Waals surface area contributed by atoms with Gasteiger partial charge in [-0.1, -0.05) is 0 Å². The van der Waals surface area contributed by atoms with Crippen LogP contribution in [0.1, 0.15) is 13.3 Å². The number of hydrogen-bond donors (Lipinski definition) is 2. The molecular formula is C17H26N4O3. The van der Waals surface area contributed by atoms with Crippen LogP contribution in [0.4, 0.5) is 16.2 Å². The molecule has 1 aromatic carbocycles. The van der Waals surface area contributed by atoms with Crippen LogP contribution in [-0.2, 0) is 9.53 Å². The Labute approximate surface area is 142 Å². The van der Waals surface area contributed by atoms with Crippen LogP contribution in [0, 0.1) is 0 Å². The highest BCUT2D eigenvalue weighted by Crippen LogP contribution is 2.20. The Hall–Kier alpha value is -2.28. The highest BCUT2D eigenvalue weighted by atomic mass is 16.5. The Morgan fingerprint density at radius 1 is 1.29 bits per heavy atom. The molecule has 1 aliphatic rings. The van der Waals surface area contributed by atoms with E-state index in [1.165, 1.54) is 4.90 Å². The Morgan fingerprint density at radius 2 is 2.00 bits per heavy atom. The van der Waals surface area contributed by atoms with Crippen LogP contribution < -0.4 is 15.5 Å². The first-order valence-electron chi connectivity index (χ1n) is 8.17. The van der Waals surface area contributed by atoms with Crippen molar-refractivity contribution in [3.05, 3.63) is 24.3 Å². The molecule has 7 nitrogen and oxygen atoms in total. The third-order valence-electron chi connectivity index (χ3n) is 3.85. The van der Waals surface area contributed by atoms with Gasteiger partial charge in [0.15, 0.2) is 0 Å². The molecule has 1 unspecified atom stereocenters. The van der Waals surface area contributed by atoms with Gasteiger partial charge in [-0.05, 0) is 31.2 Å². The van der Waals surface area contributed by atoms with E-state index in [-0.39, 0.29) is 24.5 Å². The molecule has 1 aromatic rings. The topological polar surface area (TPSA) is 73.9 Å². The van der Waals surface area contributed by atoms with Crippen molar-refractivity contribution in [2.45, 2.75) is 19.4 Å². The van der Waals surface area contributed by atoms with E-state index in [9.17, 15) is 9.59 Å². The minimum Gasteiger partial charge on any atom is -0.375 e. The second kappa shape index (κ2) is 8.54. The molecule has 2 N–H and O–H groups in total. The van der Waals surface area contributed by atoms with E-state index in [4.69, 9.17) is 4.74 Å². The molecule has 1 fully saturated rings. The largest absolute Gasteiger partial charge is 0.375 e. The second-order valence-corrected chi connectivity index (χ2v) is 6.09. The van der Waals surface area contributed by atoms with Gasteiger partial charge >= 0.3 is 6.03 Å². The number of carbonyl (C=O) groups excluding carboxylic acids is 2. The van der Waals surface area contributed by atoms with Gasteiger partial charge in [0.2, 0.25) is 5.91 Å². The highest BCUT2D eigenvalue weighted by molar-refractivity contribution is 5.89. The number of anilines is 2. The minimum atomic E-state index is -0.311. The van der Waals surface area contributed by atoms with Crippen molar-refractivity contribution >= 4 is 23.3 Å². The molecule has 0 bridgehead atoms. The van der Waals surface area contributed by atoms with Crippen molar-refractivity contribution in [2.75, 3.05) is 50.6 Å².